The number of carbonyl (C=O) groups is 2. The Balaban J connectivity index is 2.26. The lowest BCUT2D eigenvalue weighted by Crippen LogP contribution is -2.29. The van der Waals surface area contributed by atoms with Gasteiger partial charge in [0, 0.05) is 23.8 Å². The molecule has 1 aromatic carbocycles. The van der Waals surface area contributed by atoms with Crippen molar-refractivity contribution in [2.75, 3.05) is 30.4 Å². The molecule has 4 nitrogen and oxygen atoms in total. The van der Waals surface area contributed by atoms with Crippen LogP contribution in [0.5, 0.6) is 0 Å². The van der Waals surface area contributed by atoms with E-state index < -0.39 is 0 Å². The van der Waals surface area contributed by atoms with Gasteiger partial charge >= 0.3 is 0 Å². The van der Waals surface area contributed by atoms with Crippen molar-refractivity contribution < 1.29 is 9.59 Å². The number of anilines is 1. The van der Waals surface area contributed by atoms with Gasteiger partial charge in [-0.25, -0.2) is 0 Å². The first-order valence-electron chi connectivity index (χ1n) is 6.90. The quantitative estimate of drug-likeness (QED) is 0.760. The molecule has 0 atom stereocenters. The Morgan fingerprint density at radius 1 is 1.33 bits per heavy atom. The molecule has 0 unspecified atom stereocenters. The van der Waals surface area contributed by atoms with Gasteiger partial charge in [-0.15, -0.1) is 11.8 Å². The number of unbranched alkanes of at least 4 members (excludes halogenated alkanes) is 1. The zero-order valence-corrected chi connectivity index (χ0v) is 14.8. The Bertz CT molecular complexity index is 482. The first kappa shape index (κ1) is 18.0. The maximum Gasteiger partial charge on any atom is 0.234 e. The summed E-state index contributed by atoms with van der Waals surface area (Å²) in [5.41, 5.74) is 0.751. The molecule has 0 aliphatic carbocycles. The van der Waals surface area contributed by atoms with E-state index in [9.17, 15) is 9.59 Å². The minimum Gasteiger partial charge on any atom is -0.345 e. The Morgan fingerprint density at radius 3 is 2.76 bits per heavy atom. The summed E-state index contributed by atoms with van der Waals surface area (Å²) < 4.78 is 0.917. The van der Waals surface area contributed by atoms with E-state index in [0.29, 0.717) is 5.75 Å². The summed E-state index contributed by atoms with van der Waals surface area (Å²) in [5.74, 6) is 0.595. The smallest absolute Gasteiger partial charge is 0.234 e. The monoisotopic (exact) mass is 372 g/mol. The Hall–Kier alpha value is -1.01. The summed E-state index contributed by atoms with van der Waals surface area (Å²) in [6.45, 7) is 2.87. The molecule has 0 radical (unpaired) electrons. The summed E-state index contributed by atoms with van der Waals surface area (Å²) >= 11 is 4.69. The second-order valence-electron chi connectivity index (χ2n) is 4.72. The lowest BCUT2D eigenvalue weighted by Gasteiger charge is -2.16. The van der Waals surface area contributed by atoms with Crippen LogP contribution in [0.1, 0.15) is 19.8 Å². The molecular formula is C15H21BrN2O2S. The van der Waals surface area contributed by atoms with Gasteiger partial charge < -0.3 is 10.2 Å². The van der Waals surface area contributed by atoms with Gasteiger partial charge in [0.2, 0.25) is 11.8 Å². The lowest BCUT2D eigenvalue weighted by molar-refractivity contribution is -0.127. The highest BCUT2D eigenvalue weighted by Crippen LogP contribution is 2.16. The first-order chi connectivity index (χ1) is 10.0. The highest BCUT2D eigenvalue weighted by atomic mass is 79.9. The zero-order chi connectivity index (χ0) is 15.7. The van der Waals surface area contributed by atoms with Gasteiger partial charge in [0.1, 0.15) is 0 Å². The summed E-state index contributed by atoms with van der Waals surface area (Å²) in [6, 6.07) is 7.43. The van der Waals surface area contributed by atoms with E-state index >= 15 is 0 Å². The molecule has 2 amide bonds. The topological polar surface area (TPSA) is 49.4 Å². The summed E-state index contributed by atoms with van der Waals surface area (Å²) in [6.07, 6.45) is 2.08. The molecule has 0 saturated heterocycles. The van der Waals surface area contributed by atoms with Gasteiger partial charge in [-0.3, -0.25) is 9.59 Å². The molecule has 0 aliphatic heterocycles. The third kappa shape index (κ3) is 7.52. The van der Waals surface area contributed by atoms with Gasteiger partial charge in [-0.2, -0.15) is 0 Å². The molecular weight excluding hydrogens is 352 g/mol. The fourth-order valence-electron chi connectivity index (χ4n) is 1.62. The number of hydrogen-bond acceptors (Lipinski definition) is 3. The van der Waals surface area contributed by atoms with E-state index in [1.54, 1.807) is 11.9 Å². The second-order valence-corrected chi connectivity index (χ2v) is 6.62. The van der Waals surface area contributed by atoms with Gasteiger partial charge in [0.25, 0.3) is 0 Å². The van der Waals surface area contributed by atoms with Crippen LogP contribution in [0, 0.1) is 0 Å². The molecule has 0 aliphatic rings. The highest BCUT2D eigenvalue weighted by Gasteiger charge is 2.10. The van der Waals surface area contributed by atoms with Crippen molar-refractivity contribution in [1.82, 2.24) is 4.90 Å². The lowest BCUT2D eigenvalue weighted by atomic mass is 10.3. The highest BCUT2D eigenvalue weighted by molar-refractivity contribution is 9.10. The molecule has 0 aromatic heterocycles. The van der Waals surface area contributed by atoms with Gasteiger partial charge in [-0.1, -0.05) is 35.3 Å². The van der Waals surface area contributed by atoms with Crippen LogP contribution >= 0.6 is 27.7 Å². The van der Waals surface area contributed by atoms with Crippen LogP contribution in [0.3, 0.4) is 0 Å². The third-order valence-electron chi connectivity index (χ3n) is 2.84. The Morgan fingerprint density at radius 2 is 2.10 bits per heavy atom. The Labute approximate surface area is 138 Å². The fraction of sp³-hybridized carbons (Fsp3) is 0.467. The van der Waals surface area contributed by atoms with Crippen molar-refractivity contribution >= 4 is 45.2 Å². The molecule has 0 heterocycles. The summed E-state index contributed by atoms with van der Waals surface area (Å²) in [7, 11) is 1.81. The van der Waals surface area contributed by atoms with Crippen LogP contribution in [0.25, 0.3) is 0 Å². The Kier molecular flexibility index (Phi) is 8.45. The van der Waals surface area contributed by atoms with Gasteiger partial charge in [0.05, 0.1) is 11.5 Å². The standard InChI is InChI=1S/C15H21BrN2O2S/c1-3-4-8-18(2)15(20)11-21-10-14(19)17-13-7-5-6-12(16)9-13/h5-7,9H,3-4,8,10-11H2,1-2H3,(H,17,19). The molecule has 116 valence electrons. The number of rotatable bonds is 8. The first-order valence-corrected chi connectivity index (χ1v) is 8.84. The van der Waals surface area contributed by atoms with Crippen molar-refractivity contribution in [3.8, 4) is 0 Å². The molecule has 0 bridgehead atoms. The largest absolute Gasteiger partial charge is 0.345 e. The minimum atomic E-state index is -0.0953. The predicted molar refractivity (Wildman–Crippen MR) is 92.6 cm³/mol. The van der Waals surface area contributed by atoms with Crippen molar-refractivity contribution in [3.05, 3.63) is 28.7 Å². The van der Waals surface area contributed by atoms with Crippen molar-refractivity contribution in [2.45, 2.75) is 19.8 Å². The van der Waals surface area contributed by atoms with E-state index in [0.717, 1.165) is 29.5 Å². The maximum atomic E-state index is 11.8. The number of halogens is 1. The minimum absolute atomic E-state index is 0.0729. The number of amides is 2. The zero-order valence-electron chi connectivity index (χ0n) is 12.4. The predicted octanol–water partition coefficient (Wildman–Crippen LogP) is 3.38. The van der Waals surface area contributed by atoms with Crippen molar-refractivity contribution in [3.63, 3.8) is 0 Å². The number of thioether (sulfide) groups is 1. The van der Waals surface area contributed by atoms with Crippen LogP contribution in [-0.2, 0) is 9.59 Å². The van der Waals surface area contributed by atoms with Gasteiger partial charge in [0.15, 0.2) is 0 Å². The average molecular weight is 373 g/mol. The number of benzene rings is 1. The van der Waals surface area contributed by atoms with Crippen LogP contribution in [0.15, 0.2) is 28.7 Å². The number of carbonyl (C=O) groups excluding carboxylic acids is 2. The fourth-order valence-corrected chi connectivity index (χ4v) is 2.78. The van der Waals surface area contributed by atoms with Crippen molar-refractivity contribution in [1.29, 1.82) is 0 Å². The van der Waals surface area contributed by atoms with Crippen molar-refractivity contribution in [2.24, 2.45) is 0 Å². The van der Waals surface area contributed by atoms with Gasteiger partial charge in [-0.05, 0) is 24.6 Å². The molecule has 1 rings (SSSR count). The third-order valence-corrected chi connectivity index (χ3v) is 4.25. The van der Waals surface area contributed by atoms with E-state index in [-0.39, 0.29) is 17.6 Å². The SMILES string of the molecule is CCCCN(C)C(=O)CSCC(=O)Nc1cccc(Br)c1. The number of nitrogens with zero attached hydrogens (tertiary/aromatic N) is 1. The number of hydrogen-bond donors (Lipinski definition) is 1. The van der Waals surface area contributed by atoms with Crippen LogP contribution in [-0.4, -0.2) is 41.8 Å². The molecule has 0 spiro atoms. The van der Waals surface area contributed by atoms with Crippen LogP contribution in [0.4, 0.5) is 5.69 Å². The summed E-state index contributed by atoms with van der Waals surface area (Å²) in [5, 5.41) is 2.81. The maximum absolute atomic E-state index is 11.8. The average Bonchev–Trinajstić information content (AvgIpc) is 2.44. The number of nitrogens with one attached hydrogen (secondary N) is 1. The molecule has 0 fully saturated rings. The van der Waals surface area contributed by atoms with E-state index in [4.69, 9.17) is 0 Å². The summed E-state index contributed by atoms with van der Waals surface area (Å²) in [4.78, 5) is 25.3. The van der Waals surface area contributed by atoms with Crippen LogP contribution in [0.2, 0.25) is 0 Å². The normalized spacial score (nSPS) is 10.2. The van der Waals surface area contributed by atoms with E-state index in [1.807, 2.05) is 24.3 Å². The molecule has 1 aromatic rings. The second kappa shape index (κ2) is 9.84. The molecule has 6 heteroatoms. The van der Waals surface area contributed by atoms with E-state index in [1.165, 1.54) is 11.8 Å². The molecule has 21 heavy (non-hydrogen) atoms. The molecule has 1 N–H and O–H groups in total. The van der Waals surface area contributed by atoms with E-state index in [2.05, 4.69) is 28.2 Å². The molecule has 0 saturated carbocycles. The van der Waals surface area contributed by atoms with Crippen LogP contribution < -0.4 is 5.32 Å².